The quantitative estimate of drug-likeness (QED) is 0.841. The van der Waals surface area contributed by atoms with Crippen LogP contribution in [0.2, 0.25) is 5.02 Å². The van der Waals surface area contributed by atoms with Crippen molar-refractivity contribution in [2.75, 3.05) is 27.8 Å². The van der Waals surface area contributed by atoms with Crippen molar-refractivity contribution < 1.29 is 14.3 Å². The number of halogens is 1. The van der Waals surface area contributed by atoms with Crippen LogP contribution in [0.1, 0.15) is 5.56 Å². The highest BCUT2D eigenvalue weighted by atomic mass is 35.5. The minimum Gasteiger partial charge on any atom is -0.497 e. The van der Waals surface area contributed by atoms with Crippen LogP contribution in [0.4, 0.5) is 0 Å². The molecule has 18 heavy (non-hydrogen) atoms. The standard InChI is InChI=1S/C13H14ClNO3/c1-15(2)13-12(11(16)7-18-13)8-4-9(14)6-10(5-8)17-3/h4-6H,7H2,1-3H3. The predicted octanol–water partition coefficient (Wildman–Crippen LogP) is 2.18. The highest BCUT2D eigenvalue weighted by Crippen LogP contribution is 2.31. The van der Waals surface area contributed by atoms with Gasteiger partial charge < -0.3 is 14.4 Å². The van der Waals surface area contributed by atoms with Crippen molar-refractivity contribution in [2.24, 2.45) is 0 Å². The Balaban J connectivity index is 2.55. The zero-order valence-corrected chi connectivity index (χ0v) is 11.2. The molecule has 0 radical (unpaired) electrons. The van der Waals surface area contributed by atoms with Gasteiger partial charge >= 0.3 is 0 Å². The first-order valence-electron chi connectivity index (χ1n) is 5.45. The van der Waals surface area contributed by atoms with Gasteiger partial charge in [-0.3, -0.25) is 4.79 Å². The van der Waals surface area contributed by atoms with Crippen LogP contribution in [0.3, 0.4) is 0 Å². The summed E-state index contributed by atoms with van der Waals surface area (Å²) in [6.07, 6.45) is 0. The van der Waals surface area contributed by atoms with E-state index in [1.54, 1.807) is 30.2 Å². The maximum Gasteiger partial charge on any atom is 0.206 e. The van der Waals surface area contributed by atoms with Gasteiger partial charge in [-0.1, -0.05) is 11.6 Å². The second-order valence-corrected chi connectivity index (χ2v) is 4.60. The maximum absolute atomic E-state index is 11.9. The molecule has 1 aromatic carbocycles. The summed E-state index contributed by atoms with van der Waals surface area (Å²) in [4.78, 5) is 13.7. The second kappa shape index (κ2) is 4.90. The van der Waals surface area contributed by atoms with Crippen molar-refractivity contribution in [3.05, 3.63) is 34.7 Å². The summed E-state index contributed by atoms with van der Waals surface area (Å²) >= 11 is 6.01. The van der Waals surface area contributed by atoms with Crippen molar-refractivity contribution in [3.63, 3.8) is 0 Å². The number of carbonyl (C=O) groups excluding carboxylic acids is 1. The van der Waals surface area contributed by atoms with Crippen molar-refractivity contribution in [1.82, 2.24) is 4.90 Å². The highest BCUT2D eigenvalue weighted by Gasteiger charge is 2.28. The largest absolute Gasteiger partial charge is 0.497 e. The van der Waals surface area contributed by atoms with Gasteiger partial charge in [0.1, 0.15) is 5.75 Å². The van der Waals surface area contributed by atoms with E-state index in [0.717, 1.165) is 0 Å². The average Bonchev–Trinajstić information content (AvgIpc) is 2.70. The number of hydrogen-bond donors (Lipinski definition) is 0. The van der Waals surface area contributed by atoms with Gasteiger partial charge in [-0.15, -0.1) is 0 Å². The van der Waals surface area contributed by atoms with Gasteiger partial charge in [-0.05, 0) is 23.8 Å². The Labute approximate surface area is 111 Å². The van der Waals surface area contributed by atoms with Crippen LogP contribution in [0.15, 0.2) is 24.1 Å². The number of hydrogen-bond acceptors (Lipinski definition) is 4. The predicted molar refractivity (Wildman–Crippen MR) is 69.6 cm³/mol. The van der Waals surface area contributed by atoms with Gasteiger partial charge in [-0.25, -0.2) is 0 Å². The number of methoxy groups -OCH3 is 1. The van der Waals surface area contributed by atoms with E-state index in [-0.39, 0.29) is 12.4 Å². The molecular weight excluding hydrogens is 254 g/mol. The third-order valence-corrected chi connectivity index (χ3v) is 2.85. The molecule has 96 valence electrons. The molecule has 0 fully saturated rings. The molecule has 0 unspecified atom stereocenters. The molecule has 1 heterocycles. The average molecular weight is 268 g/mol. The van der Waals surface area contributed by atoms with Crippen LogP contribution < -0.4 is 4.74 Å². The van der Waals surface area contributed by atoms with Gasteiger partial charge in [0.15, 0.2) is 6.61 Å². The lowest BCUT2D eigenvalue weighted by atomic mass is 10.0. The van der Waals surface area contributed by atoms with Crippen LogP contribution in [-0.4, -0.2) is 38.5 Å². The first-order valence-corrected chi connectivity index (χ1v) is 5.83. The fourth-order valence-corrected chi connectivity index (χ4v) is 2.08. The summed E-state index contributed by atoms with van der Waals surface area (Å²) in [7, 11) is 5.22. The van der Waals surface area contributed by atoms with Crippen LogP contribution in [-0.2, 0) is 9.53 Å². The number of nitrogens with zero attached hydrogens (tertiary/aromatic N) is 1. The van der Waals surface area contributed by atoms with Gasteiger partial charge in [0, 0.05) is 19.1 Å². The minimum absolute atomic E-state index is 0.0528. The van der Waals surface area contributed by atoms with Gasteiger partial charge in [0.25, 0.3) is 0 Å². The molecule has 0 spiro atoms. The molecule has 0 bridgehead atoms. The lowest BCUT2D eigenvalue weighted by Gasteiger charge is -2.14. The molecule has 0 N–H and O–H groups in total. The smallest absolute Gasteiger partial charge is 0.206 e. The van der Waals surface area contributed by atoms with Crippen LogP contribution in [0.5, 0.6) is 5.75 Å². The second-order valence-electron chi connectivity index (χ2n) is 4.17. The van der Waals surface area contributed by atoms with E-state index in [2.05, 4.69) is 0 Å². The molecule has 2 rings (SSSR count). The van der Waals surface area contributed by atoms with Gasteiger partial charge in [0.05, 0.1) is 12.7 Å². The SMILES string of the molecule is COc1cc(Cl)cc(C2=C(N(C)C)OCC2=O)c1. The number of ketones is 1. The normalized spacial score (nSPS) is 14.8. The van der Waals surface area contributed by atoms with Gasteiger partial charge in [0.2, 0.25) is 11.7 Å². The van der Waals surface area contributed by atoms with E-state index < -0.39 is 0 Å². The number of benzene rings is 1. The number of rotatable bonds is 3. The Morgan fingerprint density at radius 2 is 2.06 bits per heavy atom. The molecule has 1 aromatic rings. The maximum atomic E-state index is 11.9. The fourth-order valence-electron chi connectivity index (χ4n) is 1.86. The number of ether oxygens (including phenoxy) is 2. The first-order chi connectivity index (χ1) is 8.52. The topological polar surface area (TPSA) is 38.8 Å². The summed E-state index contributed by atoms with van der Waals surface area (Å²) in [6.45, 7) is 0.0671. The molecule has 1 aliphatic heterocycles. The monoisotopic (exact) mass is 267 g/mol. The Bertz CT molecular complexity index is 523. The summed E-state index contributed by atoms with van der Waals surface area (Å²) in [5, 5.41) is 0.523. The van der Waals surface area contributed by atoms with Crippen molar-refractivity contribution >= 4 is 23.0 Å². The minimum atomic E-state index is -0.0528. The summed E-state index contributed by atoms with van der Waals surface area (Å²) in [5.41, 5.74) is 1.26. The Kier molecular flexibility index (Phi) is 3.48. The molecule has 0 saturated carbocycles. The fraction of sp³-hybridized carbons (Fsp3) is 0.308. The van der Waals surface area contributed by atoms with Crippen molar-refractivity contribution in [2.45, 2.75) is 0 Å². The molecule has 4 nitrogen and oxygen atoms in total. The molecule has 0 aliphatic carbocycles. The summed E-state index contributed by atoms with van der Waals surface area (Å²) < 4.78 is 10.5. The van der Waals surface area contributed by atoms with E-state index in [9.17, 15) is 4.79 Å². The third-order valence-electron chi connectivity index (χ3n) is 2.63. The lowest BCUT2D eigenvalue weighted by molar-refractivity contribution is -0.115. The Morgan fingerprint density at radius 1 is 1.33 bits per heavy atom. The zero-order valence-electron chi connectivity index (χ0n) is 10.5. The zero-order chi connectivity index (χ0) is 13.3. The molecule has 0 atom stereocenters. The Morgan fingerprint density at radius 3 is 2.67 bits per heavy atom. The van der Waals surface area contributed by atoms with Crippen LogP contribution in [0.25, 0.3) is 5.57 Å². The molecule has 0 saturated heterocycles. The van der Waals surface area contributed by atoms with Crippen LogP contribution >= 0.6 is 11.6 Å². The first kappa shape index (κ1) is 12.8. The lowest BCUT2D eigenvalue weighted by Crippen LogP contribution is -2.12. The molecular formula is C13H14ClNO3. The molecule has 1 aliphatic rings. The van der Waals surface area contributed by atoms with Gasteiger partial charge in [-0.2, -0.15) is 0 Å². The Hall–Kier alpha value is -1.68. The van der Waals surface area contributed by atoms with E-state index in [0.29, 0.717) is 27.8 Å². The van der Waals surface area contributed by atoms with E-state index >= 15 is 0 Å². The van der Waals surface area contributed by atoms with E-state index in [4.69, 9.17) is 21.1 Å². The number of carbonyl (C=O) groups is 1. The third kappa shape index (κ3) is 2.29. The molecule has 0 amide bonds. The number of Topliss-reactive ketones (excluding diaryl/α,β-unsaturated/α-hetero) is 1. The van der Waals surface area contributed by atoms with Crippen molar-refractivity contribution in [3.8, 4) is 5.75 Å². The molecule has 0 aromatic heterocycles. The van der Waals surface area contributed by atoms with E-state index in [1.165, 1.54) is 0 Å². The summed E-state index contributed by atoms with van der Waals surface area (Å²) in [5.74, 6) is 1.12. The highest BCUT2D eigenvalue weighted by molar-refractivity contribution is 6.31. The van der Waals surface area contributed by atoms with E-state index in [1.807, 2.05) is 14.1 Å². The van der Waals surface area contributed by atoms with Crippen LogP contribution in [0, 0.1) is 0 Å². The van der Waals surface area contributed by atoms with Crippen molar-refractivity contribution in [1.29, 1.82) is 0 Å². The summed E-state index contributed by atoms with van der Waals surface area (Å²) in [6, 6.07) is 5.20. The molecule has 5 heteroatoms.